The number of nitrogens with one attached hydrogen (secondary N) is 1. The van der Waals surface area contributed by atoms with Gasteiger partial charge in [-0.05, 0) is 38.8 Å². The predicted molar refractivity (Wildman–Crippen MR) is 64.0 cm³/mol. The zero-order valence-corrected chi connectivity index (χ0v) is 10.4. The molecule has 1 rings (SSSR count). The predicted octanol–water partition coefficient (Wildman–Crippen LogP) is 1.08. The van der Waals surface area contributed by atoms with E-state index in [9.17, 15) is 5.11 Å². The Morgan fingerprint density at radius 3 is 2.33 bits per heavy atom. The zero-order valence-electron chi connectivity index (χ0n) is 10.4. The first-order chi connectivity index (χ1) is 7.09. The van der Waals surface area contributed by atoms with Crippen molar-refractivity contribution < 1.29 is 5.11 Å². The van der Waals surface area contributed by atoms with E-state index in [-0.39, 0.29) is 6.10 Å². The first kappa shape index (κ1) is 12.9. The summed E-state index contributed by atoms with van der Waals surface area (Å²) in [6.07, 6.45) is 2.37. The number of hydrogen-bond donors (Lipinski definition) is 2. The topological polar surface area (TPSA) is 35.5 Å². The Kier molecular flexibility index (Phi) is 5.58. The maximum atomic E-state index is 9.84. The molecule has 0 bridgehead atoms. The fourth-order valence-electron chi connectivity index (χ4n) is 1.89. The molecule has 0 aromatic heterocycles. The van der Waals surface area contributed by atoms with Crippen molar-refractivity contribution in [2.24, 2.45) is 5.92 Å². The Hall–Kier alpha value is -0.120. The van der Waals surface area contributed by atoms with Gasteiger partial charge in [0.05, 0.1) is 6.10 Å². The fourth-order valence-corrected chi connectivity index (χ4v) is 1.89. The molecule has 1 aliphatic rings. The molecule has 0 spiro atoms. The second-order valence-corrected chi connectivity index (χ2v) is 5.10. The average Bonchev–Trinajstić information content (AvgIpc) is 2.66. The molecule has 0 amide bonds. The fraction of sp³-hybridized carbons (Fsp3) is 1.00. The molecule has 1 fully saturated rings. The molecule has 2 N–H and O–H groups in total. The van der Waals surface area contributed by atoms with Gasteiger partial charge >= 0.3 is 0 Å². The van der Waals surface area contributed by atoms with Crippen LogP contribution in [-0.2, 0) is 0 Å². The van der Waals surface area contributed by atoms with E-state index in [0.29, 0.717) is 12.0 Å². The summed E-state index contributed by atoms with van der Waals surface area (Å²) in [6.45, 7) is 10.4. The Labute approximate surface area is 93.9 Å². The van der Waals surface area contributed by atoms with Crippen molar-refractivity contribution in [2.45, 2.75) is 45.8 Å². The van der Waals surface area contributed by atoms with Crippen LogP contribution in [0, 0.1) is 5.92 Å². The molecule has 1 aliphatic heterocycles. The molecule has 0 saturated carbocycles. The van der Waals surface area contributed by atoms with Gasteiger partial charge in [0.25, 0.3) is 0 Å². The summed E-state index contributed by atoms with van der Waals surface area (Å²) in [5, 5.41) is 13.2. The van der Waals surface area contributed by atoms with Gasteiger partial charge in [0.2, 0.25) is 0 Å². The molecule has 1 saturated heterocycles. The number of nitrogens with zero attached hydrogens (tertiary/aromatic N) is 1. The number of hydrogen-bond acceptors (Lipinski definition) is 3. The van der Waals surface area contributed by atoms with Crippen LogP contribution >= 0.6 is 0 Å². The van der Waals surface area contributed by atoms with Crippen molar-refractivity contribution in [3.63, 3.8) is 0 Å². The van der Waals surface area contributed by atoms with Crippen LogP contribution in [0.25, 0.3) is 0 Å². The highest BCUT2D eigenvalue weighted by atomic mass is 16.3. The van der Waals surface area contributed by atoms with Crippen molar-refractivity contribution in [3.05, 3.63) is 0 Å². The van der Waals surface area contributed by atoms with Gasteiger partial charge in [0.15, 0.2) is 0 Å². The van der Waals surface area contributed by atoms with Gasteiger partial charge in [-0.2, -0.15) is 0 Å². The van der Waals surface area contributed by atoms with Gasteiger partial charge in [-0.15, -0.1) is 0 Å². The summed E-state index contributed by atoms with van der Waals surface area (Å²) in [4.78, 5) is 2.35. The molecule has 3 heteroatoms. The first-order valence-electron chi connectivity index (χ1n) is 6.23. The zero-order chi connectivity index (χ0) is 11.3. The molecule has 0 radical (unpaired) electrons. The summed E-state index contributed by atoms with van der Waals surface area (Å²) < 4.78 is 0. The first-order valence-corrected chi connectivity index (χ1v) is 6.23. The summed E-state index contributed by atoms with van der Waals surface area (Å²) in [7, 11) is 0. The van der Waals surface area contributed by atoms with E-state index >= 15 is 0 Å². The number of β-amino-alcohol motifs (C(OH)–C–C–N with tert-alkyl or cyclic N) is 1. The highest BCUT2D eigenvalue weighted by Gasteiger charge is 2.16. The van der Waals surface area contributed by atoms with Gasteiger partial charge in [-0.3, -0.25) is 0 Å². The number of likely N-dealkylation sites (tertiary alicyclic amines) is 1. The molecule has 1 heterocycles. The lowest BCUT2D eigenvalue weighted by molar-refractivity contribution is 0.119. The van der Waals surface area contributed by atoms with E-state index < -0.39 is 0 Å². The van der Waals surface area contributed by atoms with Crippen molar-refractivity contribution in [1.82, 2.24) is 10.2 Å². The van der Waals surface area contributed by atoms with Gasteiger partial charge in [0.1, 0.15) is 0 Å². The van der Waals surface area contributed by atoms with E-state index in [0.717, 1.165) is 26.2 Å². The van der Waals surface area contributed by atoms with Crippen molar-refractivity contribution in [1.29, 1.82) is 0 Å². The van der Waals surface area contributed by atoms with E-state index in [1.54, 1.807) is 0 Å². The maximum Gasteiger partial charge on any atom is 0.0791 e. The van der Waals surface area contributed by atoms with Gasteiger partial charge in [-0.25, -0.2) is 0 Å². The van der Waals surface area contributed by atoms with Gasteiger partial charge in [-0.1, -0.05) is 13.8 Å². The molecule has 2 atom stereocenters. The lowest BCUT2D eigenvalue weighted by atomic mass is 10.1. The molecule has 15 heavy (non-hydrogen) atoms. The molecule has 2 unspecified atom stereocenters. The minimum Gasteiger partial charge on any atom is -0.390 e. The molecule has 3 nitrogen and oxygen atoms in total. The summed E-state index contributed by atoms with van der Waals surface area (Å²) in [6, 6.07) is 0.484. The molecule has 0 aromatic carbocycles. The quantitative estimate of drug-likeness (QED) is 0.694. The second-order valence-electron chi connectivity index (χ2n) is 5.10. The van der Waals surface area contributed by atoms with Crippen LogP contribution in [0.1, 0.15) is 33.6 Å². The number of aliphatic hydroxyl groups is 1. The van der Waals surface area contributed by atoms with Crippen LogP contribution in [0.3, 0.4) is 0 Å². The van der Waals surface area contributed by atoms with Gasteiger partial charge < -0.3 is 15.3 Å². The van der Waals surface area contributed by atoms with Gasteiger partial charge in [0, 0.05) is 19.1 Å². The highest BCUT2D eigenvalue weighted by Crippen LogP contribution is 2.07. The smallest absolute Gasteiger partial charge is 0.0791 e. The standard InChI is InChI=1S/C12H26N2O/c1-10(2)11(3)13-8-12(15)9-14-6-4-5-7-14/h10-13,15H,4-9H2,1-3H3. The maximum absolute atomic E-state index is 9.84. The van der Waals surface area contributed by atoms with Crippen molar-refractivity contribution >= 4 is 0 Å². The van der Waals surface area contributed by atoms with Crippen LogP contribution in [0.2, 0.25) is 0 Å². The Bertz CT molecular complexity index is 167. The molecule has 90 valence electrons. The molecular weight excluding hydrogens is 188 g/mol. The largest absolute Gasteiger partial charge is 0.390 e. The number of rotatable bonds is 6. The minimum absolute atomic E-state index is 0.218. The van der Waals surface area contributed by atoms with Crippen LogP contribution < -0.4 is 5.32 Å². The Morgan fingerprint density at radius 2 is 1.80 bits per heavy atom. The van der Waals surface area contributed by atoms with Crippen molar-refractivity contribution in [3.8, 4) is 0 Å². The Balaban J connectivity index is 2.09. The lowest BCUT2D eigenvalue weighted by Gasteiger charge is -2.23. The van der Waals surface area contributed by atoms with E-state index in [1.807, 2.05) is 0 Å². The van der Waals surface area contributed by atoms with E-state index in [1.165, 1.54) is 12.8 Å². The molecule has 0 aromatic rings. The van der Waals surface area contributed by atoms with Crippen LogP contribution in [0.4, 0.5) is 0 Å². The van der Waals surface area contributed by atoms with Crippen LogP contribution in [0.5, 0.6) is 0 Å². The third-order valence-electron chi connectivity index (χ3n) is 3.34. The Morgan fingerprint density at radius 1 is 1.20 bits per heavy atom. The van der Waals surface area contributed by atoms with Crippen LogP contribution in [-0.4, -0.2) is 48.3 Å². The summed E-state index contributed by atoms with van der Waals surface area (Å²) in [5.41, 5.74) is 0. The van der Waals surface area contributed by atoms with Crippen LogP contribution in [0.15, 0.2) is 0 Å². The highest BCUT2D eigenvalue weighted by molar-refractivity contribution is 4.73. The average molecular weight is 214 g/mol. The number of aliphatic hydroxyl groups excluding tert-OH is 1. The van der Waals surface area contributed by atoms with Crippen molar-refractivity contribution in [2.75, 3.05) is 26.2 Å². The summed E-state index contributed by atoms with van der Waals surface area (Å²) >= 11 is 0. The monoisotopic (exact) mass is 214 g/mol. The molecular formula is C12H26N2O. The lowest BCUT2D eigenvalue weighted by Crippen LogP contribution is -2.41. The normalized spacial score (nSPS) is 22.2. The van der Waals surface area contributed by atoms with E-state index in [4.69, 9.17) is 0 Å². The minimum atomic E-state index is -0.218. The second kappa shape index (κ2) is 6.46. The third kappa shape index (κ3) is 4.96. The van der Waals surface area contributed by atoms with E-state index in [2.05, 4.69) is 31.0 Å². The molecule has 0 aliphatic carbocycles. The third-order valence-corrected chi connectivity index (χ3v) is 3.34. The summed E-state index contributed by atoms with van der Waals surface area (Å²) in [5.74, 6) is 0.629. The SMILES string of the molecule is CC(C)C(C)NCC(O)CN1CCCC1.